The molecule has 2 aromatic rings. The first-order chi connectivity index (χ1) is 12.7. The monoisotopic (exact) mass is 408 g/mol. The Morgan fingerprint density at radius 2 is 1.74 bits per heavy atom. The van der Waals surface area contributed by atoms with E-state index in [1.54, 1.807) is 31.1 Å². The van der Waals surface area contributed by atoms with Crippen LogP contribution in [0, 0.1) is 10.1 Å². The predicted octanol–water partition coefficient (Wildman–Crippen LogP) is 2.91. The minimum absolute atomic E-state index is 0.0283. The lowest BCUT2D eigenvalue weighted by Gasteiger charge is -2.24. The van der Waals surface area contributed by atoms with Gasteiger partial charge in [0, 0.05) is 31.3 Å². The number of nitro groups is 1. The van der Waals surface area contributed by atoms with Crippen molar-refractivity contribution in [2.45, 2.75) is 10.9 Å². The Bertz CT molecular complexity index is 989. The summed E-state index contributed by atoms with van der Waals surface area (Å²) in [6.45, 7) is 0.133. The van der Waals surface area contributed by atoms with Gasteiger partial charge in [0.05, 0.1) is 22.4 Å². The Morgan fingerprint density at radius 3 is 2.26 bits per heavy atom. The largest absolute Gasteiger partial charge is 0.348 e. The van der Waals surface area contributed by atoms with Crippen LogP contribution in [0.25, 0.3) is 0 Å². The highest BCUT2D eigenvalue weighted by Gasteiger charge is 2.37. The van der Waals surface area contributed by atoms with E-state index in [4.69, 9.17) is 11.6 Å². The van der Waals surface area contributed by atoms with Crippen molar-refractivity contribution in [3.63, 3.8) is 0 Å². The Labute approximate surface area is 161 Å². The molecule has 0 N–H and O–H groups in total. The van der Waals surface area contributed by atoms with E-state index in [-0.39, 0.29) is 23.2 Å². The molecule has 0 radical (unpaired) electrons. The zero-order valence-electron chi connectivity index (χ0n) is 14.6. The van der Waals surface area contributed by atoms with Crippen molar-refractivity contribution in [2.24, 2.45) is 4.99 Å². The van der Waals surface area contributed by atoms with Crippen LogP contribution in [0.5, 0.6) is 0 Å². The third-order valence-electron chi connectivity index (χ3n) is 4.12. The first-order valence-electron chi connectivity index (χ1n) is 7.98. The molecule has 10 heteroatoms. The second-order valence-corrected chi connectivity index (χ2v) is 8.48. The number of sulfonamides is 1. The minimum Gasteiger partial charge on any atom is -0.348 e. The molecule has 0 saturated carbocycles. The average Bonchev–Trinajstić information content (AvgIpc) is 3.09. The summed E-state index contributed by atoms with van der Waals surface area (Å²) in [6, 6.07) is 11.5. The molecule has 1 unspecified atom stereocenters. The topological polar surface area (TPSA) is 96.1 Å². The van der Waals surface area contributed by atoms with Gasteiger partial charge in [-0.15, -0.1) is 0 Å². The summed E-state index contributed by atoms with van der Waals surface area (Å²) < 4.78 is 27.4. The molecule has 142 valence electrons. The number of nitro benzene ring substituents is 1. The van der Waals surface area contributed by atoms with E-state index in [1.807, 2.05) is 12.1 Å². The molecule has 0 saturated heterocycles. The summed E-state index contributed by atoms with van der Waals surface area (Å²) in [4.78, 5) is 16.4. The van der Waals surface area contributed by atoms with Crippen molar-refractivity contribution in [3.8, 4) is 0 Å². The number of non-ortho nitro benzene ring substituents is 1. The zero-order valence-corrected chi connectivity index (χ0v) is 16.2. The Hall–Kier alpha value is -2.65. The summed E-state index contributed by atoms with van der Waals surface area (Å²) in [5.41, 5.74) is 0.677. The molecule has 0 aromatic heterocycles. The number of hydrogen-bond acceptors (Lipinski definition) is 6. The maximum absolute atomic E-state index is 13.1. The fourth-order valence-electron chi connectivity index (χ4n) is 2.76. The standard InChI is InChI=1S/C17H17ClN4O4S/c1-20(2)17-19-16(12-3-5-13(18)6-4-12)11-21(17)27(25,26)15-9-7-14(8-10-15)22(23)24/h3-10,16H,11H2,1-2H3. The number of aliphatic imine (C=N–C) groups is 1. The Morgan fingerprint density at radius 1 is 1.15 bits per heavy atom. The SMILES string of the molecule is CN(C)C1=NC(c2ccc(Cl)cc2)CN1S(=O)(=O)c1ccc([N+](=O)[O-])cc1. The molecule has 8 nitrogen and oxygen atoms in total. The summed E-state index contributed by atoms with van der Waals surface area (Å²) in [6.07, 6.45) is 0. The summed E-state index contributed by atoms with van der Waals surface area (Å²) >= 11 is 5.92. The second kappa shape index (κ2) is 7.16. The van der Waals surface area contributed by atoms with Gasteiger partial charge in [-0.05, 0) is 29.8 Å². The van der Waals surface area contributed by atoms with Gasteiger partial charge in [0.25, 0.3) is 15.7 Å². The number of hydrogen-bond donors (Lipinski definition) is 0. The molecular formula is C17H17ClN4O4S. The molecule has 1 heterocycles. The van der Waals surface area contributed by atoms with E-state index < -0.39 is 14.9 Å². The number of rotatable bonds is 4. The van der Waals surface area contributed by atoms with Crippen LogP contribution < -0.4 is 0 Å². The molecule has 0 aliphatic carbocycles. The van der Waals surface area contributed by atoms with Gasteiger partial charge in [-0.2, -0.15) is 0 Å². The normalized spacial score (nSPS) is 16.9. The van der Waals surface area contributed by atoms with Crippen LogP contribution >= 0.6 is 11.6 Å². The molecule has 0 bridgehead atoms. The van der Waals surface area contributed by atoms with E-state index in [1.165, 1.54) is 28.6 Å². The van der Waals surface area contributed by atoms with Crippen molar-refractivity contribution >= 4 is 33.3 Å². The third-order valence-corrected chi connectivity index (χ3v) is 6.14. The van der Waals surface area contributed by atoms with Crippen molar-refractivity contribution in [3.05, 3.63) is 69.2 Å². The van der Waals surface area contributed by atoms with E-state index in [2.05, 4.69) is 4.99 Å². The third kappa shape index (κ3) is 3.74. The van der Waals surface area contributed by atoms with E-state index in [0.717, 1.165) is 5.56 Å². The van der Waals surface area contributed by atoms with Gasteiger partial charge in [-0.25, -0.2) is 17.7 Å². The molecule has 1 aliphatic rings. The van der Waals surface area contributed by atoms with Gasteiger partial charge in [0.1, 0.15) is 0 Å². The fraction of sp³-hybridized carbons (Fsp3) is 0.235. The lowest BCUT2D eigenvalue weighted by atomic mass is 10.1. The van der Waals surface area contributed by atoms with Crippen LogP contribution in [-0.4, -0.2) is 49.1 Å². The molecule has 0 amide bonds. The number of guanidine groups is 1. The van der Waals surface area contributed by atoms with Gasteiger partial charge in [-0.3, -0.25) is 10.1 Å². The van der Waals surface area contributed by atoms with Gasteiger partial charge in [-0.1, -0.05) is 23.7 Å². The van der Waals surface area contributed by atoms with Crippen molar-refractivity contribution in [1.29, 1.82) is 0 Å². The molecule has 27 heavy (non-hydrogen) atoms. The highest BCUT2D eigenvalue weighted by Crippen LogP contribution is 2.31. The van der Waals surface area contributed by atoms with Crippen molar-refractivity contribution in [2.75, 3.05) is 20.6 Å². The quantitative estimate of drug-likeness (QED) is 0.572. The van der Waals surface area contributed by atoms with E-state index in [9.17, 15) is 18.5 Å². The molecule has 3 rings (SSSR count). The molecule has 1 atom stereocenters. The van der Waals surface area contributed by atoms with Gasteiger partial charge >= 0.3 is 0 Å². The smallest absolute Gasteiger partial charge is 0.269 e. The van der Waals surface area contributed by atoms with E-state index >= 15 is 0 Å². The van der Waals surface area contributed by atoms with E-state index in [0.29, 0.717) is 11.0 Å². The number of benzene rings is 2. The van der Waals surface area contributed by atoms with Crippen LogP contribution in [0.3, 0.4) is 0 Å². The fourth-order valence-corrected chi connectivity index (χ4v) is 4.38. The Balaban J connectivity index is 1.95. The van der Waals surface area contributed by atoms with Crippen LogP contribution in [0.15, 0.2) is 58.4 Å². The average molecular weight is 409 g/mol. The molecule has 0 spiro atoms. The van der Waals surface area contributed by atoms with Gasteiger partial charge in [0.2, 0.25) is 5.96 Å². The van der Waals surface area contributed by atoms with Gasteiger partial charge in [0.15, 0.2) is 0 Å². The van der Waals surface area contributed by atoms with Crippen LogP contribution in [0.2, 0.25) is 5.02 Å². The van der Waals surface area contributed by atoms with Crippen molar-refractivity contribution in [1.82, 2.24) is 9.21 Å². The lowest BCUT2D eigenvalue weighted by Crippen LogP contribution is -2.41. The first-order valence-corrected chi connectivity index (χ1v) is 9.80. The minimum atomic E-state index is -3.91. The molecule has 2 aromatic carbocycles. The van der Waals surface area contributed by atoms with Crippen LogP contribution in [0.1, 0.15) is 11.6 Å². The van der Waals surface area contributed by atoms with Crippen molar-refractivity contribution < 1.29 is 13.3 Å². The van der Waals surface area contributed by atoms with Gasteiger partial charge < -0.3 is 4.90 Å². The molecule has 1 aliphatic heterocycles. The molecular weight excluding hydrogens is 392 g/mol. The Kier molecular flexibility index (Phi) is 5.07. The first kappa shape index (κ1) is 19.1. The summed E-state index contributed by atoms with van der Waals surface area (Å²) in [5.74, 6) is 0.299. The maximum atomic E-state index is 13.1. The highest BCUT2D eigenvalue weighted by atomic mass is 35.5. The molecule has 0 fully saturated rings. The van der Waals surface area contributed by atoms with Crippen LogP contribution in [0.4, 0.5) is 5.69 Å². The lowest BCUT2D eigenvalue weighted by molar-refractivity contribution is -0.384. The highest BCUT2D eigenvalue weighted by molar-refractivity contribution is 7.89. The zero-order chi connectivity index (χ0) is 19.8. The van der Waals surface area contributed by atoms with Crippen LogP contribution in [-0.2, 0) is 10.0 Å². The number of halogens is 1. The maximum Gasteiger partial charge on any atom is 0.269 e. The predicted molar refractivity (Wildman–Crippen MR) is 102 cm³/mol. The summed E-state index contributed by atoms with van der Waals surface area (Å²) in [7, 11) is -0.493. The number of nitrogens with zero attached hydrogens (tertiary/aromatic N) is 4. The summed E-state index contributed by atoms with van der Waals surface area (Å²) in [5, 5.41) is 11.4. The second-order valence-electron chi connectivity index (χ2n) is 6.18.